The van der Waals surface area contributed by atoms with Crippen LogP contribution in [0, 0.1) is 12.7 Å². The molecule has 0 bridgehead atoms. The van der Waals surface area contributed by atoms with Crippen molar-refractivity contribution in [2.75, 3.05) is 44.8 Å². The van der Waals surface area contributed by atoms with Crippen LogP contribution in [0.4, 0.5) is 10.1 Å². The number of benzene rings is 2. The molecule has 2 aromatic rings. The van der Waals surface area contributed by atoms with Gasteiger partial charge < -0.3 is 14.4 Å². The molecule has 0 aliphatic carbocycles. The first kappa shape index (κ1) is 21.1. The fraction of sp³-hybridized carbons (Fsp3) is 0.350. The molecule has 1 heterocycles. The van der Waals surface area contributed by atoms with Gasteiger partial charge in [-0.2, -0.15) is 4.31 Å². The summed E-state index contributed by atoms with van der Waals surface area (Å²) in [7, 11) is -2.38. The molecule has 1 aliphatic heterocycles. The van der Waals surface area contributed by atoms with E-state index in [-0.39, 0.29) is 17.3 Å². The number of hydrogen-bond acceptors (Lipinski definition) is 6. The number of anilines is 1. The van der Waals surface area contributed by atoms with E-state index in [2.05, 4.69) is 4.74 Å². The Morgan fingerprint density at radius 3 is 2.31 bits per heavy atom. The molecule has 3 rings (SSSR count). The minimum absolute atomic E-state index is 0.177. The largest absolute Gasteiger partial charge is 0.482 e. The Morgan fingerprint density at radius 1 is 1.07 bits per heavy atom. The van der Waals surface area contributed by atoms with E-state index < -0.39 is 16.0 Å². The summed E-state index contributed by atoms with van der Waals surface area (Å²) in [5, 5.41) is 0. The van der Waals surface area contributed by atoms with Crippen molar-refractivity contribution in [2.24, 2.45) is 0 Å². The summed E-state index contributed by atoms with van der Waals surface area (Å²) >= 11 is 0. The van der Waals surface area contributed by atoms with Crippen molar-refractivity contribution in [1.29, 1.82) is 0 Å². The molecule has 156 valence electrons. The third kappa shape index (κ3) is 4.86. The van der Waals surface area contributed by atoms with Crippen molar-refractivity contribution in [3.05, 3.63) is 53.8 Å². The molecule has 0 atom stereocenters. The predicted octanol–water partition coefficient (Wildman–Crippen LogP) is 2.20. The van der Waals surface area contributed by atoms with Gasteiger partial charge in [-0.25, -0.2) is 17.6 Å². The quantitative estimate of drug-likeness (QED) is 0.665. The molecule has 9 heteroatoms. The van der Waals surface area contributed by atoms with Crippen LogP contribution in [0.3, 0.4) is 0 Å². The number of carbonyl (C=O) groups is 1. The molecule has 1 saturated heterocycles. The zero-order valence-corrected chi connectivity index (χ0v) is 17.1. The maximum atomic E-state index is 13.1. The first-order valence-electron chi connectivity index (χ1n) is 9.12. The first-order valence-corrected chi connectivity index (χ1v) is 10.6. The molecule has 29 heavy (non-hydrogen) atoms. The van der Waals surface area contributed by atoms with E-state index in [9.17, 15) is 17.6 Å². The topological polar surface area (TPSA) is 76.1 Å². The molecule has 2 aromatic carbocycles. The van der Waals surface area contributed by atoms with Gasteiger partial charge in [0.05, 0.1) is 12.0 Å². The second kappa shape index (κ2) is 8.79. The lowest BCUT2D eigenvalue weighted by atomic mass is 10.2. The molecule has 0 radical (unpaired) electrons. The van der Waals surface area contributed by atoms with Gasteiger partial charge in [-0.1, -0.05) is 0 Å². The van der Waals surface area contributed by atoms with Crippen molar-refractivity contribution < 1.29 is 27.1 Å². The lowest BCUT2D eigenvalue weighted by Gasteiger charge is -2.35. The Morgan fingerprint density at radius 2 is 1.72 bits per heavy atom. The zero-order chi connectivity index (χ0) is 21.0. The Hall–Kier alpha value is -2.65. The van der Waals surface area contributed by atoms with E-state index in [1.54, 1.807) is 25.1 Å². The Labute approximate surface area is 169 Å². The number of methoxy groups -OCH3 is 1. The second-order valence-electron chi connectivity index (χ2n) is 6.66. The number of ether oxygens (including phenoxy) is 2. The third-order valence-corrected chi connectivity index (χ3v) is 6.68. The molecule has 0 aromatic heterocycles. The maximum Gasteiger partial charge on any atom is 0.343 e. The van der Waals surface area contributed by atoms with Gasteiger partial charge in [0.2, 0.25) is 10.0 Å². The van der Waals surface area contributed by atoms with Gasteiger partial charge in [0.15, 0.2) is 6.61 Å². The minimum atomic E-state index is -3.65. The van der Waals surface area contributed by atoms with E-state index >= 15 is 0 Å². The summed E-state index contributed by atoms with van der Waals surface area (Å²) in [5.74, 6) is -0.389. The summed E-state index contributed by atoms with van der Waals surface area (Å²) in [4.78, 5) is 13.4. The highest BCUT2D eigenvalue weighted by Gasteiger charge is 2.29. The zero-order valence-electron chi connectivity index (χ0n) is 16.3. The molecule has 0 saturated carbocycles. The molecule has 0 amide bonds. The van der Waals surface area contributed by atoms with Gasteiger partial charge in [-0.15, -0.1) is 0 Å². The van der Waals surface area contributed by atoms with Crippen molar-refractivity contribution in [1.82, 2.24) is 4.31 Å². The van der Waals surface area contributed by atoms with Crippen molar-refractivity contribution >= 4 is 21.7 Å². The number of aryl methyl sites for hydroxylation is 1. The van der Waals surface area contributed by atoms with Gasteiger partial charge in [0.25, 0.3) is 0 Å². The smallest absolute Gasteiger partial charge is 0.343 e. The highest BCUT2D eigenvalue weighted by Crippen LogP contribution is 2.26. The van der Waals surface area contributed by atoms with Crippen LogP contribution in [-0.4, -0.2) is 58.6 Å². The number of halogens is 1. The van der Waals surface area contributed by atoms with Gasteiger partial charge in [0.1, 0.15) is 11.6 Å². The number of sulfonamides is 1. The van der Waals surface area contributed by atoms with Crippen molar-refractivity contribution in [3.8, 4) is 5.75 Å². The molecular weight excluding hydrogens is 399 g/mol. The number of esters is 1. The van der Waals surface area contributed by atoms with Gasteiger partial charge in [0, 0.05) is 31.9 Å². The van der Waals surface area contributed by atoms with Gasteiger partial charge in [-0.3, -0.25) is 0 Å². The number of piperazine rings is 1. The molecule has 0 spiro atoms. The molecule has 0 unspecified atom stereocenters. The average Bonchev–Trinajstić information content (AvgIpc) is 2.73. The van der Waals surface area contributed by atoms with Gasteiger partial charge in [-0.05, 0) is 55.0 Å². The fourth-order valence-electron chi connectivity index (χ4n) is 3.13. The molecule has 1 fully saturated rings. The van der Waals surface area contributed by atoms with Crippen molar-refractivity contribution in [2.45, 2.75) is 11.8 Å². The molecule has 0 N–H and O–H groups in total. The number of rotatable bonds is 6. The van der Waals surface area contributed by atoms with E-state index in [1.807, 2.05) is 4.90 Å². The van der Waals surface area contributed by atoms with E-state index in [0.29, 0.717) is 37.5 Å². The Kier molecular flexibility index (Phi) is 6.39. The van der Waals surface area contributed by atoms with Crippen LogP contribution in [0.25, 0.3) is 0 Å². The van der Waals surface area contributed by atoms with E-state index in [0.717, 1.165) is 5.69 Å². The van der Waals surface area contributed by atoms with E-state index in [1.165, 1.54) is 35.7 Å². The molecule has 7 nitrogen and oxygen atoms in total. The Balaban J connectivity index is 1.67. The first-order chi connectivity index (χ1) is 13.8. The average molecular weight is 422 g/mol. The number of hydrogen-bond donors (Lipinski definition) is 0. The molecule has 1 aliphatic rings. The third-order valence-electron chi connectivity index (χ3n) is 4.79. The van der Waals surface area contributed by atoms with Crippen LogP contribution < -0.4 is 9.64 Å². The van der Waals surface area contributed by atoms with E-state index in [4.69, 9.17) is 4.74 Å². The second-order valence-corrected chi connectivity index (χ2v) is 8.60. The number of carbonyl (C=O) groups excluding carboxylic acids is 1. The normalized spacial score (nSPS) is 15.2. The standard InChI is InChI=1S/C20H23FN2O5S/c1-15-13-18(7-8-19(15)28-14-20(24)27-2)29(25,26)23-11-9-22(10-12-23)17-5-3-16(21)4-6-17/h3-8,13H,9-12,14H2,1-2H3. The van der Waals surface area contributed by atoms with Crippen molar-refractivity contribution in [3.63, 3.8) is 0 Å². The lowest BCUT2D eigenvalue weighted by molar-refractivity contribution is -0.142. The highest BCUT2D eigenvalue weighted by molar-refractivity contribution is 7.89. The Bertz CT molecular complexity index is 971. The summed E-state index contributed by atoms with van der Waals surface area (Å²) in [5.41, 5.74) is 1.48. The van der Waals surface area contributed by atoms with Gasteiger partial charge >= 0.3 is 5.97 Å². The summed E-state index contributed by atoms with van der Waals surface area (Å²) < 4.78 is 50.4. The van der Waals surface area contributed by atoms with Crippen LogP contribution in [0.15, 0.2) is 47.4 Å². The summed E-state index contributed by atoms with van der Waals surface area (Å²) in [6.45, 7) is 3.18. The lowest BCUT2D eigenvalue weighted by Crippen LogP contribution is -2.48. The van der Waals surface area contributed by atoms with Crippen LogP contribution in [0.5, 0.6) is 5.75 Å². The predicted molar refractivity (Wildman–Crippen MR) is 106 cm³/mol. The van der Waals surface area contributed by atoms with Crippen LogP contribution >= 0.6 is 0 Å². The van der Waals surface area contributed by atoms with Crippen LogP contribution in [0.1, 0.15) is 5.56 Å². The summed E-state index contributed by atoms with van der Waals surface area (Å²) in [6.07, 6.45) is 0. The fourth-order valence-corrected chi connectivity index (χ4v) is 4.64. The highest BCUT2D eigenvalue weighted by atomic mass is 32.2. The monoisotopic (exact) mass is 422 g/mol. The number of nitrogens with zero attached hydrogens (tertiary/aromatic N) is 2. The summed E-state index contributed by atoms with van der Waals surface area (Å²) in [6, 6.07) is 10.7. The SMILES string of the molecule is COC(=O)COc1ccc(S(=O)(=O)N2CCN(c3ccc(F)cc3)CC2)cc1C. The maximum absolute atomic E-state index is 13.1. The molecular formula is C20H23FN2O5S. The minimum Gasteiger partial charge on any atom is -0.482 e. The van der Waals surface area contributed by atoms with Crippen LogP contribution in [0.2, 0.25) is 0 Å². The van der Waals surface area contributed by atoms with Crippen LogP contribution in [-0.2, 0) is 19.6 Å².